The van der Waals surface area contributed by atoms with Crippen LogP contribution in [-0.4, -0.2) is 64.8 Å². The number of aromatic nitrogens is 1. The Hall–Kier alpha value is -2.26. The van der Waals surface area contributed by atoms with Crippen LogP contribution in [0.4, 0.5) is 9.18 Å². The van der Waals surface area contributed by atoms with E-state index in [0.29, 0.717) is 24.8 Å². The summed E-state index contributed by atoms with van der Waals surface area (Å²) in [6.07, 6.45) is 2.77. The highest BCUT2D eigenvalue weighted by Gasteiger charge is 2.53. The number of carbonyl (C=O) groups is 2. The number of likely N-dealkylation sites (N-methyl/N-ethyl adjacent to an activating group) is 1. The normalized spacial score (nSPS) is 17.6. The number of pyridine rings is 1. The fourth-order valence-electron chi connectivity index (χ4n) is 4.87. The molecule has 2 heterocycles. The molecule has 1 unspecified atom stereocenters. The van der Waals surface area contributed by atoms with Gasteiger partial charge in [0.15, 0.2) is 0 Å². The van der Waals surface area contributed by atoms with E-state index in [9.17, 15) is 14.8 Å². The quantitative estimate of drug-likeness (QED) is 0.437. The number of alkyl halides is 1. The van der Waals surface area contributed by atoms with E-state index in [1.807, 2.05) is 12.1 Å². The molecule has 0 aromatic carbocycles. The fraction of sp³-hybridized carbons (Fsp3) is 0.720. The van der Waals surface area contributed by atoms with Gasteiger partial charge in [-0.3, -0.25) is 14.8 Å². The van der Waals surface area contributed by atoms with Gasteiger partial charge in [-0.2, -0.15) is 5.26 Å². The van der Waals surface area contributed by atoms with Crippen molar-refractivity contribution in [3.63, 3.8) is 0 Å². The Kier molecular flexibility index (Phi) is 8.69. The van der Waals surface area contributed by atoms with Gasteiger partial charge in [-0.25, -0.2) is 14.0 Å². The maximum Gasteiger partial charge on any atom is 0.410 e. The molecule has 8 nitrogen and oxygen atoms in total. The van der Waals surface area contributed by atoms with Gasteiger partial charge in [0.05, 0.1) is 0 Å². The van der Waals surface area contributed by atoms with Gasteiger partial charge in [0.1, 0.15) is 17.3 Å². The third kappa shape index (κ3) is 6.66. The highest BCUT2D eigenvalue weighted by Crippen LogP contribution is 2.43. The second-order valence-corrected chi connectivity index (χ2v) is 11.1. The second-order valence-electron chi connectivity index (χ2n) is 11.1. The summed E-state index contributed by atoms with van der Waals surface area (Å²) < 4.78 is 26.6. The third-order valence-corrected chi connectivity index (χ3v) is 6.40. The van der Waals surface area contributed by atoms with Crippen LogP contribution in [-0.2, 0) is 24.6 Å². The molecule has 192 valence electrons. The average Bonchev–Trinajstić information content (AvgIpc) is 2.74. The van der Waals surface area contributed by atoms with Crippen LogP contribution in [0.2, 0.25) is 0 Å². The lowest BCUT2D eigenvalue weighted by Gasteiger charge is -2.45. The lowest BCUT2D eigenvalue weighted by atomic mass is 9.65. The molecule has 1 aliphatic heterocycles. The second kappa shape index (κ2) is 10.6. The highest BCUT2D eigenvalue weighted by molar-refractivity contribution is 5.81. The summed E-state index contributed by atoms with van der Waals surface area (Å²) in [5, 5.41) is 9.22. The van der Waals surface area contributed by atoms with Crippen LogP contribution in [0.15, 0.2) is 18.3 Å². The van der Waals surface area contributed by atoms with Crippen molar-refractivity contribution in [2.24, 2.45) is 5.92 Å². The number of amides is 1. The van der Waals surface area contributed by atoms with Crippen LogP contribution in [0, 0.1) is 5.92 Å². The zero-order valence-electron chi connectivity index (χ0n) is 21.6. The zero-order valence-corrected chi connectivity index (χ0v) is 21.6. The minimum Gasteiger partial charge on any atom is -0.444 e. The lowest BCUT2D eigenvalue weighted by molar-refractivity contribution is -0.243. The molecule has 2 atom stereocenters. The van der Waals surface area contributed by atoms with Crippen LogP contribution >= 0.6 is 0 Å². The molecule has 2 rings (SSSR count). The van der Waals surface area contributed by atoms with Gasteiger partial charge >= 0.3 is 12.1 Å². The maximum atomic E-state index is 15.8. The topological polar surface area (TPSA) is 98.2 Å². The van der Waals surface area contributed by atoms with Crippen LogP contribution in [0.5, 0.6) is 0 Å². The van der Waals surface area contributed by atoms with Gasteiger partial charge in [-0.05, 0) is 65.0 Å². The van der Waals surface area contributed by atoms with Crippen molar-refractivity contribution in [2.75, 3.05) is 20.3 Å². The van der Waals surface area contributed by atoms with E-state index in [2.05, 4.69) is 9.87 Å². The Bertz CT molecular complexity index is 838. The SMILES string of the molecule is CN(C(=O)OC(C)(C)C)[C@H](C(=O)OO)C(C(C)(C)F)C(C)(C)c1ccc(C2CCOCC2)cn1. The van der Waals surface area contributed by atoms with Crippen LogP contribution in [0.1, 0.15) is 78.5 Å². The van der Waals surface area contributed by atoms with Crippen LogP contribution < -0.4 is 0 Å². The number of carbonyl (C=O) groups excluding carboxylic acids is 2. The lowest BCUT2D eigenvalue weighted by Crippen LogP contribution is -2.59. The molecule has 1 saturated heterocycles. The van der Waals surface area contributed by atoms with Crippen molar-refractivity contribution >= 4 is 12.1 Å². The molecular formula is C25H39FN2O6. The van der Waals surface area contributed by atoms with E-state index in [1.54, 1.807) is 40.8 Å². The molecule has 0 spiro atoms. The van der Waals surface area contributed by atoms with E-state index < -0.39 is 40.7 Å². The van der Waals surface area contributed by atoms with Gasteiger partial charge in [0, 0.05) is 43.5 Å². The minimum atomic E-state index is -1.97. The Balaban J connectivity index is 2.47. The molecule has 0 bridgehead atoms. The summed E-state index contributed by atoms with van der Waals surface area (Å²) in [4.78, 5) is 35.2. The summed E-state index contributed by atoms with van der Waals surface area (Å²) in [5.41, 5.74) is -2.22. The maximum absolute atomic E-state index is 15.8. The molecule has 9 heteroatoms. The molecule has 1 aliphatic rings. The molecule has 0 radical (unpaired) electrons. The van der Waals surface area contributed by atoms with E-state index >= 15 is 4.39 Å². The highest BCUT2D eigenvalue weighted by atomic mass is 19.1. The van der Waals surface area contributed by atoms with Crippen molar-refractivity contribution in [1.82, 2.24) is 9.88 Å². The first-order valence-corrected chi connectivity index (χ1v) is 11.6. The number of hydrogen-bond acceptors (Lipinski definition) is 7. The van der Waals surface area contributed by atoms with Gasteiger partial charge < -0.3 is 9.47 Å². The number of halogens is 1. The van der Waals surface area contributed by atoms with Crippen LogP contribution in [0.25, 0.3) is 0 Å². The summed E-state index contributed by atoms with van der Waals surface area (Å²) in [7, 11) is 1.33. The smallest absolute Gasteiger partial charge is 0.410 e. The van der Waals surface area contributed by atoms with Crippen molar-refractivity contribution in [1.29, 1.82) is 0 Å². The van der Waals surface area contributed by atoms with Crippen LogP contribution in [0.3, 0.4) is 0 Å². The molecule has 1 aromatic rings. The molecular weight excluding hydrogens is 443 g/mol. The van der Waals surface area contributed by atoms with E-state index in [-0.39, 0.29) is 0 Å². The van der Waals surface area contributed by atoms with E-state index in [1.165, 1.54) is 20.9 Å². The van der Waals surface area contributed by atoms with Crippen molar-refractivity contribution < 1.29 is 33.6 Å². The first kappa shape index (κ1) is 28.0. The Morgan fingerprint density at radius 1 is 1.15 bits per heavy atom. The molecule has 34 heavy (non-hydrogen) atoms. The summed E-state index contributed by atoms with van der Waals surface area (Å²) in [5.74, 6) is -1.95. The molecule has 1 aromatic heterocycles. The molecule has 1 N–H and O–H groups in total. The van der Waals surface area contributed by atoms with Gasteiger partial charge in [-0.15, -0.1) is 0 Å². The first-order valence-electron chi connectivity index (χ1n) is 11.6. The minimum absolute atomic E-state index is 0.349. The van der Waals surface area contributed by atoms with E-state index in [4.69, 9.17) is 9.47 Å². The summed E-state index contributed by atoms with van der Waals surface area (Å²) >= 11 is 0. The largest absolute Gasteiger partial charge is 0.444 e. The Morgan fingerprint density at radius 3 is 2.18 bits per heavy atom. The van der Waals surface area contributed by atoms with Gasteiger partial charge in [0.2, 0.25) is 0 Å². The number of hydrogen-bond donors (Lipinski definition) is 1. The fourth-order valence-corrected chi connectivity index (χ4v) is 4.87. The summed E-state index contributed by atoms with van der Waals surface area (Å²) in [6, 6.07) is 2.32. The molecule has 1 fully saturated rings. The standard InChI is InChI=1S/C25H39FN2O6/c1-23(2,3)33-22(30)28(8)19(21(29)34-31)20(25(6,7)26)24(4,5)18-10-9-17(15-27-18)16-11-13-32-14-12-16/h9-10,15-16,19-20,31H,11-14H2,1-8H3/t19-,20?/m0/s1. The molecule has 0 aliphatic carbocycles. The third-order valence-electron chi connectivity index (χ3n) is 6.40. The monoisotopic (exact) mass is 482 g/mol. The predicted molar refractivity (Wildman–Crippen MR) is 125 cm³/mol. The Morgan fingerprint density at radius 2 is 1.74 bits per heavy atom. The predicted octanol–water partition coefficient (Wildman–Crippen LogP) is 4.87. The average molecular weight is 483 g/mol. The Labute approximate surface area is 201 Å². The van der Waals surface area contributed by atoms with E-state index in [0.717, 1.165) is 23.3 Å². The zero-order chi connectivity index (χ0) is 25.9. The van der Waals surface area contributed by atoms with Crippen molar-refractivity contribution in [3.05, 3.63) is 29.6 Å². The number of ether oxygens (including phenoxy) is 2. The molecule has 1 amide bonds. The number of rotatable bonds is 7. The van der Waals surface area contributed by atoms with Crippen molar-refractivity contribution in [2.45, 2.75) is 90.0 Å². The summed E-state index contributed by atoms with van der Waals surface area (Å²) in [6.45, 7) is 12.6. The van der Waals surface area contributed by atoms with Crippen molar-refractivity contribution in [3.8, 4) is 0 Å². The van der Waals surface area contributed by atoms with Gasteiger partial charge in [0.25, 0.3) is 0 Å². The first-order chi connectivity index (χ1) is 15.6. The number of nitrogens with zero attached hydrogens (tertiary/aromatic N) is 2. The molecule has 0 saturated carbocycles. The van der Waals surface area contributed by atoms with Gasteiger partial charge in [-0.1, -0.05) is 19.9 Å².